The number of carbonyl (C=O) groups is 2. The molecule has 1 aromatic heterocycles. The molecule has 0 radical (unpaired) electrons. The average molecular weight is 362 g/mol. The molecule has 4 rings (SSSR count). The first-order valence-electron chi connectivity index (χ1n) is 9.61. The molecule has 5 nitrogen and oxygen atoms in total. The van der Waals surface area contributed by atoms with E-state index in [0.717, 1.165) is 54.6 Å². The molecule has 1 N–H and O–H groups in total. The summed E-state index contributed by atoms with van der Waals surface area (Å²) in [7, 11) is 0. The van der Waals surface area contributed by atoms with Gasteiger partial charge in [-0.15, -0.1) is 11.3 Å². The number of likely N-dealkylation sites (tertiary alicyclic amines) is 2. The van der Waals surface area contributed by atoms with Crippen molar-refractivity contribution in [2.24, 2.45) is 11.8 Å². The maximum Gasteiger partial charge on any atom is 0.263 e. The zero-order chi connectivity index (χ0) is 17.2. The summed E-state index contributed by atoms with van der Waals surface area (Å²) in [5.41, 5.74) is 0. The Bertz CT molecular complexity index is 626. The third-order valence-electron chi connectivity index (χ3n) is 5.63. The Hall–Kier alpha value is -1.40. The summed E-state index contributed by atoms with van der Waals surface area (Å²) >= 11 is 1.40. The number of amides is 2. The molecule has 3 heterocycles. The van der Waals surface area contributed by atoms with Gasteiger partial charge in [-0.2, -0.15) is 0 Å². The van der Waals surface area contributed by atoms with Gasteiger partial charge in [-0.05, 0) is 69.7 Å². The highest BCUT2D eigenvalue weighted by atomic mass is 32.1. The summed E-state index contributed by atoms with van der Waals surface area (Å²) in [6.07, 6.45) is 6.90. The third kappa shape index (κ3) is 4.23. The lowest BCUT2D eigenvalue weighted by Gasteiger charge is -2.33. The number of anilines is 1. The largest absolute Gasteiger partial charge is 0.338 e. The zero-order valence-corrected chi connectivity index (χ0v) is 15.5. The summed E-state index contributed by atoms with van der Waals surface area (Å²) in [6.45, 7) is 5.43. The number of hydrogen-bond acceptors (Lipinski definition) is 4. The van der Waals surface area contributed by atoms with E-state index in [-0.39, 0.29) is 17.7 Å². The number of nitrogens with one attached hydrogen (secondary N) is 1. The molecule has 0 aromatic carbocycles. The van der Waals surface area contributed by atoms with E-state index >= 15 is 0 Å². The van der Waals surface area contributed by atoms with E-state index in [4.69, 9.17) is 0 Å². The number of piperidine rings is 1. The second-order valence-corrected chi connectivity index (χ2v) is 8.75. The molecule has 6 heteroatoms. The fraction of sp³-hybridized carbons (Fsp3) is 0.684. The van der Waals surface area contributed by atoms with Crippen molar-refractivity contribution in [2.45, 2.75) is 38.5 Å². The van der Waals surface area contributed by atoms with Gasteiger partial charge in [0, 0.05) is 25.6 Å². The molecular formula is C19H27N3O2S. The molecule has 3 aliphatic rings. The average Bonchev–Trinajstić information content (AvgIpc) is 3.17. The Morgan fingerprint density at radius 2 is 1.76 bits per heavy atom. The molecule has 25 heavy (non-hydrogen) atoms. The van der Waals surface area contributed by atoms with Gasteiger partial charge < -0.3 is 15.1 Å². The molecule has 1 saturated carbocycles. The monoisotopic (exact) mass is 361 g/mol. The van der Waals surface area contributed by atoms with E-state index < -0.39 is 0 Å². The van der Waals surface area contributed by atoms with Crippen molar-refractivity contribution < 1.29 is 9.59 Å². The van der Waals surface area contributed by atoms with Gasteiger partial charge in [0.25, 0.3) is 5.91 Å². The summed E-state index contributed by atoms with van der Waals surface area (Å²) in [4.78, 5) is 29.8. The predicted octanol–water partition coefficient (Wildman–Crippen LogP) is 3.04. The van der Waals surface area contributed by atoms with E-state index in [1.807, 2.05) is 17.0 Å². The fourth-order valence-corrected chi connectivity index (χ4v) is 4.77. The molecule has 3 fully saturated rings. The Kier molecular flexibility index (Phi) is 5.08. The number of nitrogens with zero attached hydrogens (tertiary/aromatic N) is 2. The zero-order valence-electron chi connectivity index (χ0n) is 14.7. The lowest BCUT2D eigenvalue weighted by atomic mass is 9.96. The smallest absolute Gasteiger partial charge is 0.263 e. The lowest BCUT2D eigenvalue weighted by molar-refractivity contribution is -0.117. The van der Waals surface area contributed by atoms with Gasteiger partial charge in [0.15, 0.2) is 0 Å². The Labute approximate surface area is 153 Å². The van der Waals surface area contributed by atoms with Crippen LogP contribution in [-0.2, 0) is 4.79 Å². The molecule has 2 amide bonds. The van der Waals surface area contributed by atoms with Crippen LogP contribution in [0.5, 0.6) is 0 Å². The lowest BCUT2D eigenvalue weighted by Crippen LogP contribution is -2.41. The van der Waals surface area contributed by atoms with Crippen LogP contribution in [-0.4, -0.2) is 54.3 Å². The Morgan fingerprint density at radius 1 is 1.04 bits per heavy atom. The van der Waals surface area contributed by atoms with Crippen molar-refractivity contribution in [1.82, 2.24) is 9.80 Å². The van der Waals surface area contributed by atoms with E-state index in [1.165, 1.54) is 43.8 Å². The van der Waals surface area contributed by atoms with Crippen molar-refractivity contribution in [1.29, 1.82) is 0 Å². The van der Waals surface area contributed by atoms with Gasteiger partial charge in [-0.1, -0.05) is 0 Å². The topological polar surface area (TPSA) is 52.7 Å². The Morgan fingerprint density at radius 3 is 2.44 bits per heavy atom. The van der Waals surface area contributed by atoms with Gasteiger partial charge in [0.2, 0.25) is 5.91 Å². The second kappa shape index (κ2) is 7.46. The Balaban J connectivity index is 1.26. The highest BCUT2D eigenvalue weighted by molar-refractivity contribution is 7.18. The van der Waals surface area contributed by atoms with E-state index in [9.17, 15) is 9.59 Å². The molecular weight excluding hydrogens is 334 g/mol. The van der Waals surface area contributed by atoms with Crippen molar-refractivity contribution in [3.63, 3.8) is 0 Å². The molecule has 136 valence electrons. The van der Waals surface area contributed by atoms with Crippen LogP contribution in [0.2, 0.25) is 0 Å². The predicted molar refractivity (Wildman–Crippen MR) is 100.0 cm³/mol. The minimum Gasteiger partial charge on any atom is -0.338 e. The van der Waals surface area contributed by atoms with Crippen LogP contribution in [0.1, 0.15) is 48.2 Å². The summed E-state index contributed by atoms with van der Waals surface area (Å²) in [5, 5.41) is 3.73. The fourth-order valence-electron chi connectivity index (χ4n) is 3.89. The number of thiophene rings is 1. The van der Waals surface area contributed by atoms with Crippen LogP contribution in [0.3, 0.4) is 0 Å². The molecule has 2 saturated heterocycles. The van der Waals surface area contributed by atoms with E-state index in [2.05, 4.69) is 10.2 Å². The SMILES string of the molecule is O=C(Nc1ccc(C(=O)N2CCC(CN3CCCC3)CC2)s1)C1CC1. The maximum absolute atomic E-state index is 12.7. The first-order chi connectivity index (χ1) is 12.2. The van der Waals surface area contributed by atoms with Gasteiger partial charge >= 0.3 is 0 Å². The van der Waals surface area contributed by atoms with Gasteiger partial charge in [0.05, 0.1) is 9.88 Å². The van der Waals surface area contributed by atoms with Crippen LogP contribution < -0.4 is 5.32 Å². The maximum atomic E-state index is 12.7. The minimum absolute atomic E-state index is 0.101. The molecule has 1 aromatic rings. The summed E-state index contributed by atoms with van der Waals surface area (Å²) in [6, 6.07) is 3.71. The molecule has 1 aliphatic carbocycles. The van der Waals surface area contributed by atoms with Gasteiger partial charge in [0.1, 0.15) is 0 Å². The van der Waals surface area contributed by atoms with Crippen molar-refractivity contribution in [3.8, 4) is 0 Å². The summed E-state index contributed by atoms with van der Waals surface area (Å²) in [5.74, 6) is 1.15. The van der Waals surface area contributed by atoms with Crippen molar-refractivity contribution in [3.05, 3.63) is 17.0 Å². The molecule has 2 aliphatic heterocycles. The molecule has 0 bridgehead atoms. The quantitative estimate of drug-likeness (QED) is 0.877. The normalized spacial score (nSPS) is 22.3. The van der Waals surface area contributed by atoms with Crippen molar-refractivity contribution in [2.75, 3.05) is 38.0 Å². The standard InChI is InChI=1S/C19H27N3O2S/c23-18(15-3-4-15)20-17-6-5-16(25-17)19(24)22-11-7-14(8-12-22)13-21-9-1-2-10-21/h5-6,14-15H,1-4,7-13H2,(H,20,23). The molecule has 0 atom stereocenters. The number of carbonyl (C=O) groups excluding carboxylic acids is 2. The molecule has 0 unspecified atom stereocenters. The van der Waals surface area contributed by atoms with E-state index in [1.54, 1.807) is 0 Å². The van der Waals surface area contributed by atoms with Crippen LogP contribution in [0.25, 0.3) is 0 Å². The highest BCUT2D eigenvalue weighted by Gasteiger charge is 2.30. The van der Waals surface area contributed by atoms with Gasteiger partial charge in [-0.3, -0.25) is 9.59 Å². The molecule has 0 spiro atoms. The highest BCUT2D eigenvalue weighted by Crippen LogP contribution is 2.32. The number of rotatable bonds is 5. The first-order valence-corrected chi connectivity index (χ1v) is 10.4. The summed E-state index contributed by atoms with van der Waals surface area (Å²) < 4.78 is 0. The van der Waals surface area contributed by atoms with Crippen LogP contribution in [0, 0.1) is 11.8 Å². The third-order valence-corrected chi connectivity index (χ3v) is 6.62. The van der Waals surface area contributed by atoms with Crippen LogP contribution in [0.15, 0.2) is 12.1 Å². The van der Waals surface area contributed by atoms with Crippen LogP contribution in [0.4, 0.5) is 5.00 Å². The van der Waals surface area contributed by atoms with Gasteiger partial charge in [-0.25, -0.2) is 0 Å². The first kappa shape index (κ1) is 17.0. The van der Waals surface area contributed by atoms with Crippen LogP contribution >= 0.6 is 11.3 Å². The van der Waals surface area contributed by atoms with E-state index in [0.29, 0.717) is 0 Å². The second-order valence-electron chi connectivity index (χ2n) is 7.67. The van der Waals surface area contributed by atoms with Crippen molar-refractivity contribution >= 4 is 28.2 Å². The number of hydrogen-bond donors (Lipinski definition) is 1. The minimum atomic E-state index is 0.101.